The van der Waals surface area contributed by atoms with Gasteiger partial charge in [0.05, 0.1) is 17.5 Å². The summed E-state index contributed by atoms with van der Waals surface area (Å²) in [6, 6.07) is -0.934. The van der Waals surface area contributed by atoms with Crippen LogP contribution < -0.4 is 5.32 Å². The first-order chi connectivity index (χ1) is 12.7. The van der Waals surface area contributed by atoms with E-state index in [1.807, 2.05) is 11.9 Å². The minimum absolute atomic E-state index is 0. The van der Waals surface area contributed by atoms with Gasteiger partial charge in [-0.05, 0) is 39.0 Å². The molecule has 2 aliphatic heterocycles. The van der Waals surface area contributed by atoms with Gasteiger partial charge in [-0.3, -0.25) is 9.69 Å². The third-order valence-corrected chi connectivity index (χ3v) is 6.76. The number of aliphatic hydroxyl groups excluding tert-OH is 3. The number of ether oxygens (including phenoxy) is 1. The molecule has 0 aromatic carbocycles. The van der Waals surface area contributed by atoms with Crippen molar-refractivity contribution >= 4 is 41.7 Å². The third-order valence-electron chi connectivity index (χ3n) is 5.63. The van der Waals surface area contributed by atoms with Gasteiger partial charge in [-0.15, -0.1) is 35.8 Å². The molecule has 0 spiro atoms. The summed E-state index contributed by atoms with van der Waals surface area (Å²) < 4.78 is 5.79. The summed E-state index contributed by atoms with van der Waals surface area (Å²) in [5, 5.41) is 33.0. The number of hydrogen-bond acceptors (Lipinski definition) is 7. The van der Waals surface area contributed by atoms with E-state index < -0.39 is 41.3 Å². The van der Waals surface area contributed by atoms with E-state index in [1.54, 1.807) is 13.2 Å². The van der Waals surface area contributed by atoms with Crippen LogP contribution in [0.5, 0.6) is 0 Å². The van der Waals surface area contributed by atoms with E-state index in [4.69, 9.17) is 16.3 Å². The van der Waals surface area contributed by atoms with Crippen molar-refractivity contribution in [2.24, 2.45) is 5.92 Å². The summed E-state index contributed by atoms with van der Waals surface area (Å²) in [4.78, 5) is 14.9. The molecule has 0 saturated carbocycles. The average molecular weight is 461 g/mol. The Kier molecular flexibility index (Phi) is 10.8. The predicted molar refractivity (Wildman–Crippen MR) is 114 cm³/mol. The number of carbonyl (C=O) groups is 1. The van der Waals surface area contributed by atoms with Gasteiger partial charge in [-0.25, -0.2) is 0 Å². The molecule has 0 aromatic heterocycles. The lowest BCUT2D eigenvalue weighted by Crippen LogP contribution is -2.65. The number of aliphatic hydroxyl groups is 3. The van der Waals surface area contributed by atoms with Crippen molar-refractivity contribution in [3.63, 3.8) is 0 Å². The summed E-state index contributed by atoms with van der Waals surface area (Å²) in [6.45, 7) is 4.74. The minimum atomic E-state index is -1.36. The van der Waals surface area contributed by atoms with Gasteiger partial charge in [0.15, 0.2) is 0 Å². The molecule has 5 unspecified atom stereocenters. The molecule has 0 bridgehead atoms. The van der Waals surface area contributed by atoms with Gasteiger partial charge >= 0.3 is 0 Å². The standard InChI is InChI=1S/C18H33ClN2O5S.ClH/c1-5-6-10-7-11(21(3)8-10)17(25)20-12(9(2)19)16-14(23)13(22)15(24)18(26-16)27-4;/h9-16,18,22-24H,5-8H2,1-4H3,(H,20,25);1H/t9?,10-,11+,12?,13+,14-,15?,16?,18?;/m1./s1. The molecule has 2 fully saturated rings. The number of rotatable bonds is 7. The van der Waals surface area contributed by atoms with Crippen LogP contribution in [0.25, 0.3) is 0 Å². The average Bonchev–Trinajstić information content (AvgIpc) is 2.99. The SMILES string of the molecule is CCC[C@@H]1C[C@@H](C(=O)NC(C(C)Cl)C2OC(SC)C(O)[C@@H](O)[C@H]2O)N(C)C1.Cl. The Morgan fingerprint density at radius 2 is 1.96 bits per heavy atom. The minimum Gasteiger partial charge on any atom is -0.388 e. The molecule has 0 aromatic rings. The number of carbonyl (C=O) groups excluding carboxylic acids is 1. The second-order valence-corrected chi connectivity index (χ2v) is 9.36. The van der Waals surface area contributed by atoms with Gasteiger partial charge in [0.2, 0.25) is 5.91 Å². The first kappa shape index (κ1) is 26.2. The Hall–Kier alpha value is 0.200. The summed E-state index contributed by atoms with van der Waals surface area (Å²) in [5.74, 6) is 0.350. The number of thioether (sulfide) groups is 1. The van der Waals surface area contributed by atoms with Gasteiger partial charge in [0.25, 0.3) is 0 Å². The van der Waals surface area contributed by atoms with Crippen LogP contribution in [0.1, 0.15) is 33.1 Å². The predicted octanol–water partition coefficient (Wildman–Crippen LogP) is 0.811. The number of nitrogens with zero attached hydrogens (tertiary/aromatic N) is 1. The van der Waals surface area contributed by atoms with Crippen LogP contribution >= 0.6 is 35.8 Å². The summed E-state index contributed by atoms with van der Waals surface area (Å²) in [7, 11) is 1.94. The maximum Gasteiger partial charge on any atom is 0.237 e. The molecule has 2 rings (SSSR count). The van der Waals surface area contributed by atoms with Crippen LogP contribution in [0.15, 0.2) is 0 Å². The van der Waals surface area contributed by atoms with Crippen LogP contribution in [0, 0.1) is 5.92 Å². The maximum absolute atomic E-state index is 12.9. The zero-order valence-corrected chi connectivity index (χ0v) is 19.2. The lowest BCUT2D eigenvalue weighted by Gasteiger charge is -2.44. The highest BCUT2D eigenvalue weighted by atomic mass is 35.5. The molecule has 7 nitrogen and oxygen atoms in total. The number of alkyl halides is 1. The zero-order chi connectivity index (χ0) is 20.3. The molecular weight excluding hydrogens is 427 g/mol. The largest absolute Gasteiger partial charge is 0.388 e. The quantitative estimate of drug-likeness (QED) is 0.416. The Bertz CT molecular complexity index is 503. The second-order valence-electron chi connectivity index (χ2n) is 7.73. The van der Waals surface area contributed by atoms with Crippen LogP contribution in [0.4, 0.5) is 0 Å². The lowest BCUT2D eigenvalue weighted by molar-refractivity contribution is -0.205. The number of amides is 1. The fourth-order valence-electron chi connectivity index (χ4n) is 4.11. The van der Waals surface area contributed by atoms with Gasteiger partial charge < -0.3 is 25.4 Å². The number of halogens is 2. The number of likely N-dealkylation sites (N-methyl/N-ethyl adjacent to an activating group) is 1. The molecule has 10 heteroatoms. The highest BCUT2D eigenvalue weighted by Crippen LogP contribution is 2.31. The molecular formula is C18H34Cl2N2O5S. The summed E-state index contributed by atoms with van der Waals surface area (Å²) in [5.41, 5.74) is -0.702. The fourth-order valence-corrected chi connectivity index (χ4v) is 5.00. The molecule has 4 N–H and O–H groups in total. The van der Waals surface area contributed by atoms with Crippen LogP contribution in [-0.2, 0) is 9.53 Å². The van der Waals surface area contributed by atoms with E-state index in [9.17, 15) is 20.1 Å². The highest BCUT2D eigenvalue weighted by molar-refractivity contribution is 7.99. The van der Waals surface area contributed by atoms with Gasteiger partial charge in [0.1, 0.15) is 29.9 Å². The normalized spacial score (nSPS) is 38.5. The summed E-state index contributed by atoms with van der Waals surface area (Å²) in [6.07, 6.45) is -0.0980. The van der Waals surface area contributed by atoms with Crippen LogP contribution in [0.3, 0.4) is 0 Å². The zero-order valence-electron chi connectivity index (χ0n) is 16.8. The molecule has 2 aliphatic rings. The fraction of sp³-hybridized carbons (Fsp3) is 0.944. The molecule has 9 atom stereocenters. The molecule has 2 saturated heterocycles. The van der Waals surface area contributed by atoms with Crippen molar-refractivity contribution < 1.29 is 24.9 Å². The van der Waals surface area contributed by atoms with Crippen LogP contribution in [-0.4, -0.2) is 93.3 Å². The summed E-state index contributed by atoms with van der Waals surface area (Å²) >= 11 is 7.55. The molecule has 0 radical (unpaired) electrons. The van der Waals surface area contributed by atoms with Gasteiger partial charge in [-0.1, -0.05) is 13.3 Å². The lowest BCUT2D eigenvalue weighted by atomic mass is 9.92. The highest BCUT2D eigenvalue weighted by Gasteiger charge is 2.48. The number of nitrogens with one attached hydrogen (secondary N) is 1. The third kappa shape index (κ3) is 5.88. The van der Waals surface area contributed by atoms with Crippen molar-refractivity contribution in [2.75, 3.05) is 19.8 Å². The van der Waals surface area contributed by atoms with Crippen molar-refractivity contribution in [3.8, 4) is 0 Å². The molecule has 0 aliphatic carbocycles. The Morgan fingerprint density at radius 1 is 1.32 bits per heavy atom. The van der Waals surface area contributed by atoms with E-state index in [0.29, 0.717) is 5.92 Å². The topological polar surface area (TPSA) is 102 Å². The molecule has 1 amide bonds. The van der Waals surface area contributed by atoms with E-state index in [0.717, 1.165) is 25.8 Å². The smallest absolute Gasteiger partial charge is 0.237 e. The first-order valence-electron chi connectivity index (χ1n) is 9.58. The van der Waals surface area contributed by atoms with Crippen molar-refractivity contribution in [3.05, 3.63) is 0 Å². The van der Waals surface area contributed by atoms with E-state index in [-0.39, 0.29) is 24.4 Å². The van der Waals surface area contributed by atoms with Gasteiger partial charge in [-0.2, -0.15) is 0 Å². The van der Waals surface area contributed by atoms with Crippen LogP contribution in [0.2, 0.25) is 0 Å². The Morgan fingerprint density at radius 3 is 2.50 bits per heavy atom. The Balaban J connectivity index is 0.00000392. The Labute approximate surface area is 182 Å². The van der Waals surface area contributed by atoms with E-state index in [1.165, 1.54) is 11.8 Å². The maximum atomic E-state index is 12.9. The van der Waals surface area contributed by atoms with Crippen molar-refractivity contribution in [1.29, 1.82) is 0 Å². The monoisotopic (exact) mass is 460 g/mol. The van der Waals surface area contributed by atoms with Gasteiger partial charge in [0, 0.05) is 6.54 Å². The first-order valence-corrected chi connectivity index (χ1v) is 11.3. The number of hydrogen-bond donors (Lipinski definition) is 4. The second kappa shape index (κ2) is 11.6. The number of likely N-dealkylation sites (tertiary alicyclic amines) is 1. The molecule has 2 heterocycles. The molecule has 166 valence electrons. The van der Waals surface area contributed by atoms with Crippen molar-refractivity contribution in [2.45, 2.75) is 80.4 Å². The molecule has 28 heavy (non-hydrogen) atoms. The van der Waals surface area contributed by atoms with E-state index >= 15 is 0 Å². The van der Waals surface area contributed by atoms with E-state index in [2.05, 4.69) is 12.2 Å². The van der Waals surface area contributed by atoms with Crippen molar-refractivity contribution in [1.82, 2.24) is 10.2 Å².